The molecule has 0 saturated heterocycles. The molecule has 1 amide bonds. The number of nitrogens with one attached hydrogen (secondary N) is 3. The zero-order valence-corrected chi connectivity index (χ0v) is 15.3. The van der Waals surface area contributed by atoms with E-state index in [0.29, 0.717) is 11.4 Å². The van der Waals surface area contributed by atoms with Crippen molar-refractivity contribution in [1.82, 2.24) is 9.97 Å². The molecular weight excluding hydrogens is 337 g/mol. The molecule has 1 heterocycles. The third-order valence-corrected chi connectivity index (χ3v) is 3.34. The van der Waals surface area contributed by atoms with E-state index in [-0.39, 0.29) is 30.1 Å². The highest BCUT2D eigenvalue weighted by Crippen LogP contribution is 2.20. The summed E-state index contributed by atoms with van der Waals surface area (Å²) >= 11 is 0. The molecule has 2 rings (SSSR count). The van der Waals surface area contributed by atoms with Gasteiger partial charge in [-0.25, -0.2) is 9.37 Å². The maximum Gasteiger partial charge on any atom is 0.229 e. The molecule has 0 aliphatic heterocycles. The summed E-state index contributed by atoms with van der Waals surface area (Å²) in [6.45, 7) is 6.97. The van der Waals surface area contributed by atoms with Crippen molar-refractivity contribution in [3.05, 3.63) is 36.3 Å². The fraction of sp³-hybridized carbons (Fsp3) is 0.389. The number of amides is 1. The minimum absolute atomic E-state index is 0.00566. The number of aromatic nitrogens is 2. The van der Waals surface area contributed by atoms with Gasteiger partial charge >= 0.3 is 0 Å². The molecule has 7 nitrogen and oxygen atoms in total. The number of halogens is 1. The summed E-state index contributed by atoms with van der Waals surface area (Å²) in [6, 6.07) is 7.06. The van der Waals surface area contributed by atoms with E-state index in [1.54, 1.807) is 38.1 Å². The Morgan fingerprint density at radius 1 is 1.31 bits per heavy atom. The molecule has 0 atom stereocenters. The van der Waals surface area contributed by atoms with Crippen LogP contribution in [0, 0.1) is 11.7 Å². The monoisotopic (exact) mass is 361 g/mol. The van der Waals surface area contributed by atoms with Gasteiger partial charge in [0.2, 0.25) is 11.9 Å². The van der Waals surface area contributed by atoms with Crippen molar-refractivity contribution in [2.45, 2.75) is 33.3 Å². The highest BCUT2D eigenvalue weighted by atomic mass is 19.1. The normalized spacial score (nSPS) is 11.3. The minimum atomic E-state index is -1.01. The summed E-state index contributed by atoms with van der Waals surface area (Å²) < 4.78 is 13.8. The number of carbonyl (C=O) groups excluding carboxylic acids is 1. The Labute approximate surface area is 152 Å². The van der Waals surface area contributed by atoms with E-state index in [2.05, 4.69) is 25.9 Å². The van der Waals surface area contributed by atoms with E-state index in [0.717, 1.165) is 6.20 Å². The van der Waals surface area contributed by atoms with Crippen LogP contribution in [0.4, 0.5) is 27.5 Å². The summed E-state index contributed by atoms with van der Waals surface area (Å²) in [7, 11) is 0. The Kier molecular flexibility index (Phi) is 6.10. The van der Waals surface area contributed by atoms with Gasteiger partial charge in [0.1, 0.15) is 0 Å². The predicted octanol–water partition coefficient (Wildman–Crippen LogP) is 3.14. The first kappa shape index (κ1) is 19.6. The number of nitrogens with zero attached hydrogens (tertiary/aromatic N) is 2. The second-order valence-electron chi connectivity index (χ2n) is 6.91. The molecule has 1 aromatic heterocycles. The first-order valence-electron chi connectivity index (χ1n) is 8.31. The summed E-state index contributed by atoms with van der Waals surface area (Å²) in [5.74, 6) is -0.640. The Hall–Kier alpha value is -2.74. The topological polar surface area (TPSA) is 99.2 Å². The maximum absolute atomic E-state index is 13.8. The lowest BCUT2D eigenvalue weighted by atomic mass is 10.1. The Morgan fingerprint density at radius 2 is 2.00 bits per heavy atom. The average Bonchev–Trinajstić information content (AvgIpc) is 2.55. The Balaban J connectivity index is 2.12. The largest absolute Gasteiger partial charge is 0.389 e. The molecule has 0 saturated carbocycles. The fourth-order valence-electron chi connectivity index (χ4n) is 1.94. The average molecular weight is 361 g/mol. The van der Waals surface area contributed by atoms with Crippen molar-refractivity contribution < 1.29 is 14.3 Å². The highest BCUT2D eigenvalue weighted by Gasteiger charge is 2.15. The smallest absolute Gasteiger partial charge is 0.229 e. The van der Waals surface area contributed by atoms with Crippen LogP contribution in [0.3, 0.4) is 0 Å². The molecule has 0 bridgehead atoms. The molecule has 26 heavy (non-hydrogen) atoms. The minimum Gasteiger partial charge on any atom is -0.389 e. The summed E-state index contributed by atoms with van der Waals surface area (Å²) in [6.07, 6.45) is 1.05. The molecular formula is C18H24FN5O2. The molecule has 140 valence electrons. The van der Waals surface area contributed by atoms with Crippen LogP contribution in [0.25, 0.3) is 0 Å². The number of aliphatic hydroxyl groups is 1. The van der Waals surface area contributed by atoms with E-state index in [1.807, 2.05) is 13.8 Å². The van der Waals surface area contributed by atoms with Gasteiger partial charge in [-0.15, -0.1) is 0 Å². The lowest BCUT2D eigenvalue weighted by molar-refractivity contribution is -0.118. The third-order valence-electron chi connectivity index (χ3n) is 3.34. The van der Waals surface area contributed by atoms with Crippen molar-refractivity contribution in [2.75, 3.05) is 22.5 Å². The van der Waals surface area contributed by atoms with Crippen LogP contribution < -0.4 is 16.0 Å². The fourth-order valence-corrected chi connectivity index (χ4v) is 1.94. The lowest BCUT2D eigenvalue weighted by Crippen LogP contribution is -2.30. The van der Waals surface area contributed by atoms with Gasteiger partial charge in [0.25, 0.3) is 0 Å². The van der Waals surface area contributed by atoms with Gasteiger partial charge in [-0.1, -0.05) is 19.9 Å². The van der Waals surface area contributed by atoms with Crippen molar-refractivity contribution in [1.29, 1.82) is 0 Å². The second kappa shape index (κ2) is 8.09. The molecule has 0 spiro atoms. The van der Waals surface area contributed by atoms with Crippen molar-refractivity contribution in [3.8, 4) is 0 Å². The van der Waals surface area contributed by atoms with Crippen LogP contribution in [0.2, 0.25) is 0 Å². The van der Waals surface area contributed by atoms with E-state index in [9.17, 15) is 14.3 Å². The van der Waals surface area contributed by atoms with E-state index < -0.39 is 11.4 Å². The van der Waals surface area contributed by atoms with Gasteiger partial charge in [-0.2, -0.15) is 4.98 Å². The first-order chi connectivity index (χ1) is 12.1. The lowest BCUT2D eigenvalue weighted by Gasteiger charge is -2.18. The SMILES string of the molecule is CC(C)C(=O)Nc1cccc(Nc2ncc(F)c(NCC(C)(C)O)n2)c1. The Morgan fingerprint density at radius 3 is 2.65 bits per heavy atom. The van der Waals surface area contributed by atoms with Gasteiger partial charge in [-0.05, 0) is 32.0 Å². The molecule has 0 aliphatic rings. The van der Waals surface area contributed by atoms with Crippen molar-refractivity contribution in [3.63, 3.8) is 0 Å². The Bertz CT molecular complexity index is 774. The number of carbonyl (C=O) groups is 1. The zero-order chi connectivity index (χ0) is 19.3. The first-order valence-corrected chi connectivity index (χ1v) is 8.31. The van der Waals surface area contributed by atoms with Crippen LogP contribution in [0.5, 0.6) is 0 Å². The number of hydrogen-bond donors (Lipinski definition) is 4. The molecule has 2 aromatic rings. The van der Waals surface area contributed by atoms with Gasteiger partial charge in [0, 0.05) is 23.8 Å². The van der Waals surface area contributed by atoms with Crippen LogP contribution in [0.15, 0.2) is 30.5 Å². The predicted molar refractivity (Wildman–Crippen MR) is 100.0 cm³/mol. The van der Waals surface area contributed by atoms with Crippen LogP contribution in [-0.4, -0.2) is 33.1 Å². The number of anilines is 4. The molecule has 1 aromatic carbocycles. The van der Waals surface area contributed by atoms with Crippen LogP contribution in [0.1, 0.15) is 27.7 Å². The summed E-state index contributed by atoms with van der Waals surface area (Å²) in [4.78, 5) is 19.8. The van der Waals surface area contributed by atoms with Gasteiger partial charge in [0.05, 0.1) is 11.8 Å². The zero-order valence-electron chi connectivity index (χ0n) is 15.3. The van der Waals surface area contributed by atoms with E-state index in [1.165, 1.54) is 0 Å². The molecule has 4 N–H and O–H groups in total. The summed E-state index contributed by atoms with van der Waals surface area (Å²) in [5, 5.41) is 18.3. The molecule has 0 aliphatic carbocycles. The quantitative estimate of drug-likeness (QED) is 0.605. The maximum atomic E-state index is 13.8. The van der Waals surface area contributed by atoms with E-state index in [4.69, 9.17) is 0 Å². The number of hydrogen-bond acceptors (Lipinski definition) is 6. The molecule has 0 fully saturated rings. The summed E-state index contributed by atoms with van der Waals surface area (Å²) in [5.41, 5.74) is 0.274. The molecule has 8 heteroatoms. The standard InChI is InChI=1S/C18H24FN5O2/c1-11(2)16(25)22-12-6-5-7-13(8-12)23-17-20-9-14(19)15(24-17)21-10-18(3,4)26/h5-9,11,26H,10H2,1-4H3,(H,22,25)(H2,20,21,23,24). The second-order valence-corrected chi connectivity index (χ2v) is 6.91. The van der Waals surface area contributed by atoms with E-state index >= 15 is 0 Å². The highest BCUT2D eigenvalue weighted by molar-refractivity contribution is 5.92. The third kappa shape index (κ3) is 5.96. The van der Waals surface area contributed by atoms with Crippen LogP contribution in [-0.2, 0) is 4.79 Å². The van der Waals surface area contributed by atoms with Crippen LogP contribution >= 0.6 is 0 Å². The number of benzene rings is 1. The van der Waals surface area contributed by atoms with Crippen molar-refractivity contribution in [2.24, 2.45) is 5.92 Å². The van der Waals surface area contributed by atoms with Gasteiger partial charge in [-0.3, -0.25) is 4.79 Å². The number of rotatable bonds is 7. The van der Waals surface area contributed by atoms with Gasteiger partial charge in [0.15, 0.2) is 11.6 Å². The van der Waals surface area contributed by atoms with Gasteiger partial charge < -0.3 is 21.1 Å². The van der Waals surface area contributed by atoms with Crippen molar-refractivity contribution >= 4 is 29.0 Å². The molecule has 0 radical (unpaired) electrons. The molecule has 0 unspecified atom stereocenters.